The van der Waals surface area contributed by atoms with Crippen molar-refractivity contribution >= 4 is 28.3 Å². The molecule has 0 bridgehead atoms. The minimum absolute atomic E-state index is 0.0118. The molecule has 1 aliphatic rings. The number of carbonyl (C=O) groups excluding carboxylic acids is 2. The highest BCUT2D eigenvalue weighted by Gasteiger charge is 2.29. The third kappa shape index (κ3) is 4.31. The number of nitrogens with one attached hydrogen (secondary N) is 2. The van der Waals surface area contributed by atoms with E-state index >= 15 is 0 Å². The fraction of sp³-hybridized carbons (Fsp3) is 0.231. The molecular weight excluding hydrogens is 386 g/mol. The van der Waals surface area contributed by atoms with Crippen LogP contribution in [0.4, 0.5) is 5.69 Å². The Kier molecular flexibility index (Phi) is 5.76. The number of rotatable bonds is 8. The van der Waals surface area contributed by atoms with Gasteiger partial charge < -0.3 is 10.3 Å². The normalized spacial score (nSPS) is 12.5. The van der Waals surface area contributed by atoms with Crippen LogP contribution in [0.2, 0.25) is 0 Å². The van der Waals surface area contributed by atoms with Gasteiger partial charge in [-0.1, -0.05) is 56.8 Å². The summed E-state index contributed by atoms with van der Waals surface area (Å²) in [6.07, 6.45) is 1.83. The maximum absolute atomic E-state index is 12.9. The van der Waals surface area contributed by atoms with Gasteiger partial charge in [0.1, 0.15) is 0 Å². The smallest absolute Gasteiger partial charge is 0.269 e. The third-order valence-electron chi connectivity index (χ3n) is 5.58. The lowest BCUT2D eigenvalue weighted by Crippen LogP contribution is -2.36. The van der Waals surface area contributed by atoms with Gasteiger partial charge in [-0.05, 0) is 54.0 Å². The van der Waals surface area contributed by atoms with Crippen LogP contribution < -0.4 is 15.8 Å². The quantitative estimate of drug-likeness (QED) is 0.500. The van der Waals surface area contributed by atoms with Gasteiger partial charge in [-0.3, -0.25) is 15.0 Å². The largest absolute Gasteiger partial charge is 0.303 e. The van der Waals surface area contributed by atoms with Crippen molar-refractivity contribution in [1.82, 2.24) is 10.9 Å². The first kappa shape index (κ1) is 20.7. The average molecular weight is 414 g/mol. The number of amides is 2. The van der Waals surface area contributed by atoms with Gasteiger partial charge in [0.15, 0.2) is 0 Å². The summed E-state index contributed by atoms with van der Waals surface area (Å²) in [7, 11) is 0. The van der Waals surface area contributed by atoms with Crippen LogP contribution in [0.15, 0.2) is 72.9 Å². The van der Waals surface area contributed by atoms with E-state index in [2.05, 4.69) is 31.3 Å². The fourth-order valence-electron chi connectivity index (χ4n) is 3.82. The van der Waals surface area contributed by atoms with E-state index in [-0.39, 0.29) is 11.8 Å². The van der Waals surface area contributed by atoms with E-state index in [0.29, 0.717) is 18.0 Å². The van der Waals surface area contributed by atoms with Crippen LogP contribution >= 0.6 is 0 Å². The monoisotopic (exact) mass is 413 g/mol. The van der Waals surface area contributed by atoms with Crippen LogP contribution in [-0.2, 0) is 6.54 Å². The number of anilines is 1. The first-order valence-corrected chi connectivity index (χ1v) is 10.6. The first-order valence-electron chi connectivity index (χ1n) is 10.6. The lowest BCUT2D eigenvalue weighted by Gasteiger charge is -2.18. The molecule has 1 aliphatic heterocycles. The molecule has 158 valence electrons. The topological polar surface area (TPSA) is 61.4 Å². The van der Waals surface area contributed by atoms with E-state index < -0.39 is 0 Å². The lowest BCUT2D eigenvalue weighted by atomic mass is 10.1. The summed E-state index contributed by atoms with van der Waals surface area (Å²) in [4.78, 5) is 27.1. The summed E-state index contributed by atoms with van der Waals surface area (Å²) in [5.74, 6) is 0.383. The van der Waals surface area contributed by atoms with Gasteiger partial charge in [-0.2, -0.15) is 0 Å². The van der Waals surface area contributed by atoms with Crippen molar-refractivity contribution < 1.29 is 9.59 Å². The maximum atomic E-state index is 12.9. The molecular formula is C26H27N3O2. The Balaban J connectivity index is 1.41. The summed E-state index contributed by atoms with van der Waals surface area (Å²) >= 11 is 0. The van der Waals surface area contributed by atoms with Crippen molar-refractivity contribution in [3.63, 3.8) is 0 Å². The molecule has 0 radical (unpaired) electrons. The molecule has 0 spiro atoms. The summed E-state index contributed by atoms with van der Waals surface area (Å²) in [5, 5.41) is 2.08. The molecule has 0 fully saturated rings. The zero-order valence-electron chi connectivity index (χ0n) is 17.9. The zero-order chi connectivity index (χ0) is 22.0. The number of nitrogens with zero attached hydrogens (tertiary/aromatic N) is 1. The molecule has 3 aromatic rings. The van der Waals surface area contributed by atoms with Crippen molar-refractivity contribution in [2.45, 2.75) is 33.2 Å². The zero-order valence-corrected chi connectivity index (χ0v) is 17.9. The summed E-state index contributed by atoms with van der Waals surface area (Å²) < 4.78 is 0. The minimum Gasteiger partial charge on any atom is -0.303 e. The highest BCUT2D eigenvalue weighted by Crippen LogP contribution is 2.37. The first-order chi connectivity index (χ1) is 14.9. The average Bonchev–Trinajstić information content (AvgIpc) is 3.04. The molecule has 5 nitrogen and oxygen atoms in total. The molecule has 3 aromatic carbocycles. The molecule has 31 heavy (non-hydrogen) atoms. The van der Waals surface area contributed by atoms with Gasteiger partial charge in [0.2, 0.25) is 0 Å². The Labute approximate surface area is 182 Å². The van der Waals surface area contributed by atoms with E-state index in [1.165, 1.54) is 0 Å². The SMILES string of the molecule is C=C(CCC(C)C)NNC(=O)c1ccc(CN2C(=O)c3cccc4cccc2c34)cc1. The van der Waals surface area contributed by atoms with Crippen molar-refractivity contribution in [3.8, 4) is 0 Å². The Hall–Kier alpha value is -3.60. The molecule has 1 heterocycles. The van der Waals surface area contributed by atoms with Gasteiger partial charge in [-0.15, -0.1) is 0 Å². The van der Waals surface area contributed by atoms with Gasteiger partial charge in [0.05, 0.1) is 12.2 Å². The minimum atomic E-state index is -0.216. The van der Waals surface area contributed by atoms with Crippen LogP contribution in [0.25, 0.3) is 10.8 Å². The van der Waals surface area contributed by atoms with Crippen LogP contribution in [0.5, 0.6) is 0 Å². The summed E-state index contributed by atoms with van der Waals surface area (Å²) in [6, 6.07) is 19.1. The Morgan fingerprint density at radius 3 is 2.42 bits per heavy atom. The van der Waals surface area contributed by atoms with Crippen LogP contribution in [0.3, 0.4) is 0 Å². The Morgan fingerprint density at radius 2 is 1.71 bits per heavy atom. The van der Waals surface area contributed by atoms with Crippen molar-refractivity contribution in [3.05, 3.63) is 89.6 Å². The molecule has 0 aromatic heterocycles. The second-order valence-corrected chi connectivity index (χ2v) is 8.38. The predicted molar refractivity (Wildman–Crippen MR) is 125 cm³/mol. The van der Waals surface area contributed by atoms with Crippen molar-refractivity contribution in [2.24, 2.45) is 5.92 Å². The Bertz CT molecular complexity index is 1140. The Morgan fingerprint density at radius 1 is 1.00 bits per heavy atom. The predicted octanol–water partition coefficient (Wildman–Crippen LogP) is 5.18. The number of hydrazine groups is 1. The van der Waals surface area contributed by atoms with E-state index in [1.807, 2.05) is 48.5 Å². The van der Waals surface area contributed by atoms with E-state index in [0.717, 1.165) is 46.1 Å². The van der Waals surface area contributed by atoms with Crippen molar-refractivity contribution in [1.29, 1.82) is 0 Å². The molecule has 4 rings (SSSR count). The molecule has 0 saturated carbocycles. The molecule has 2 N–H and O–H groups in total. The highest BCUT2D eigenvalue weighted by molar-refractivity contribution is 6.24. The number of hydrogen-bond acceptors (Lipinski definition) is 3. The third-order valence-corrected chi connectivity index (χ3v) is 5.58. The van der Waals surface area contributed by atoms with Crippen LogP contribution in [0.1, 0.15) is 53.0 Å². The molecule has 2 amide bonds. The van der Waals surface area contributed by atoms with Crippen molar-refractivity contribution in [2.75, 3.05) is 4.90 Å². The number of benzene rings is 3. The molecule has 0 atom stereocenters. The van der Waals surface area contributed by atoms with Gasteiger partial charge in [0, 0.05) is 22.2 Å². The maximum Gasteiger partial charge on any atom is 0.269 e. The summed E-state index contributed by atoms with van der Waals surface area (Å²) in [6.45, 7) is 8.71. The summed E-state index contributed by atoms with van der Waals surface area (Å²) in [5.41, 5.74) is 9.56. The van der Waals surface area contributed by atoms with Crippen LogP contribution in [0, 0.1) is 5.92 Å². The van der Waals surface area contributed by atoms with E-state index in [4.69, 9.17) is 0 Å². The number of allylic oxidation sites excluding steroid dienone is 1. The van der Waals surface area contributed by atoms with E-state index in [1.54, 1.807) is 17.0 Å². The molecule has 0 saturated heterocycles. The van der Waals surface area contributed by atoms with Gasteiger partial charge in [-0.25, -0.2) is 0 Å². The van der Waals surface area contributed by atoms with Gasteiger partial charge in [0.25, 0.3) is 11.8 Å². The van der Waals surface area contributed by atoms with E-state index in [9.17, 15) is 9.59 Å². The second-order valence-electron chi connectivity index (χ2n) is 8.38. The fourth-order valence-corrected chi connectivity index (χ4v) is 3.82. The molecule has 0 aliphatic carbocycles. The number of carbonyl (C=O) groups is 2. The van der Waals surface area contributed by atoms with Gasteiger partial charge >= 0.3 is 0 Å². The number of hydrogen-bond donors (Lipinski definition) is 2. The standard InChI is InChI=1S/C26H27N3O2/c1-17(2)10-11-18(3)27-28-25(30)21-14-12-19(13-15-21)16-29-23-9-5-7-20-6-4-8-22(24(20)23)26(29)31/h4-9,12-15,17,27H,3,10-11,16H2,1-2H3,(H,28,30). The van der Waals surface area contributed by atoms with Crippen LogP contribution in [-0.4, -0.2) is 11.8 Å². The molecule has 5 heteroatoms. The molecule has 0 unspecified atom stereocenters. The second kappa shape index (κ2) is 8.64. The lowest BCUT2D eigenvalue weighted by molar-refractivity contribution is 0.0937. The highest BCUT2D eigenvalue weighted by atomic mass is 16.2.